The number of aliphatic carboxylic acids is 1. The van der Waals surface area contributed by atoms with Gasteiger partial charge in [-0.2, -0.15) is 0 Å². The maximum atomic E-state index is 12.5. The third kappa shape index (κ3) is 2.17. The van der Waals surface area contributed by atoms with Crippen LogP contribution in [-0.2, 0) is 4.79 Å². The number of hydrogen-bond donors (Lipinski definition) is 2. The molecule has 1 aliphatic heterocycles. The highest BCUT2D eigenvalue weighted by Gasteiger charge is 2.55. The van der Waals surface area contributed by atoms with E-state index in [1.807, 2.05) is 18.2 Å². The largest absolute Gasteiger partial charge is 0.481 e. The number of carbonyl (C=O) groups excluding carboxylic acids is 1. The van der Waals surface area contributed by atoms with Gasteiger partial charge in [0.1, 0.15) is 5.58 Å². The molecule has 0 radical (unpaired) electrons. The van der Waals surface area contributed by atoms with Crippen LogP contribution >= 0.6 is 0 Å². The van der Waals surface area contributed by atoms with Crippen molar-refractivity contribution >= 4 is 28.7 Å². The summed E-state index contributed by atoms with van der Waals surface area (Å²) in [4.78, 5) is 25.8. The molecule has 0 spiro atoms. The second kappa shape index (κ2) is 5.01. The lowest BCUT2D eigenvalue weighted by Gasteiger charge is -2.23. The Morgan fingerprint density at radius 1 is 1.35 bits per heavy atom. The van der Waals surface area contributed by atoms with Crippen molar-refractivity contribution in [3.8, 4) is 0 Å². The molecule has 1 saturated heterocycles. The fourth-order valence-electron chi connectivity index (χ4n) is 4.03. The molecule has 2 fully saturated rings. The van der Waals surface area contributed by atoms with E-state index in [9.17, 15) is 14.7 Å². The van der Waals surface area contributed by atoms with Crippen molar-refractivity contribution < 1.29 is 19.1 Å². The van der Waals surface area contributed by atoms with E-state index in [0.717, 1.165) is 18.2 Å². The van der Waals surface area contributed by atoms with Crippen molar-refractivity contribution in [2.45, 2.75) is 19.3 Å². The number of urea groups is 1. The summed E-state index contributed by atoms with van der Waals surface area (Å²) < 4.78 is 5.33. The number of hydrogen-bond acceptors (Lipinski definition) is 3. The third-order valence-corrected chi connectivity index (χ3v) is 5.29. The quantitative estimate of drug-likeness (QED) is 0.892. The van der Waals surface area contributed by atoms with E-state index in [-0.39, 0.29) is 11.9 Å². The Balaban J connectivity index is 1.50. The van der Waals surface area contributed by atoms with Crippen LogP contribution in [0.1, 0.15) is 19.3 Å². The molecule has 2 atom stereocenters. The highest BCUT2D eigenvalue weighted by molar-refractivity contribution is 5.93. The smallest absolute Gasteiger partial charge is 0.321 e. The molecule has 1 aliphatic carbocycles. The zero-order valence-corrected chi connectivity index (χ0v) is 12.6. The van der Waals surface area contributed by atoms with Gasteiger partial charge in [-0.15, -0.1) is 0 Å². The fraction of sp³-hybridized carbons (Fsp3) is 0.412. The Labute approximate surface area is 133 Å². The average Bonchev–Trinajstić information content (AvgIpc) is 3.20. The number of carboxylic acid groups (broad SMARTS) is 1. The number of fused-ring (bicyclic) bond motifs is 2. The van der Waals surface area contributed by atoms with E-state index in [4.69, 9.17) is 4.42 Å². The molecule has 2 aromatic rings. The monoisotopic (exact) mass is 314 g/mol. The van der Waals surface area contributed by atoms with Crippen molar-refractivity contribution in [1.82, 2.24) is 4.90 Å². The predicted octanol–water partition coefficient (Wildman–Crippen LogP) is 3.15. The fourth-order valence-corrected chi connectivity index (χ4v) is 4.03. The Kier molecular flexibility index (Phi) is 3.07. The molecule has 0 bridgehead atoms. The van der Waals surface area contributed by atoms with Crippen LogP contribution < -0.4 is 5.32 Å². The number of carboxylic acids is 1. The summed E-state index contributed by atoms with van der Waals surface area (Å²) in [6.45, 7) is 0.808. The molecule has 4 rings (SSSR count). The molecule has 6 heteroatoms. The van der Waals surface area contributed by atoms with Crippen LogP contribution in [0.25, 0.3) is 11.0 Å². The highest BCUT2D eigenvalue weighted by atomic mass is 16.4. The van der Waals surface area contributed by atoms with Crippen molar-refractivity contribution in [1.29, 1.82) is 0 Å². The number of anilines is 1. The standard InChI is InChI=1S/C17H18N2O4/c20-15(21)17-6-1-2-12(17)9-19(10-17)16(22)18-13-4-3-11-5-7-23-14(11)8-13/h3-5,7-8,12H,1-2,6,9-10H2,(H,18,22)(H,20,21)/t12-,17+/m0/s1. The van der Waals surface area contributed by atoms with Crippen molar-refractivity contribution in [3.63, 3.8) is 0 Å². The summed E-state index contributed by atoms with van der Waals surface area (Å²) in [6, 6.07) is 7.09. The molecule has 2 heterocycles. The zero-order chi connectivity index (χ0) is 16.0. The lowest BCUT2D eigenvalue weighted by Crippen LogP contribution is -2.38. The number of benzene rings is 1. The first-order valence-corrected chi connectivity index (χ1v) is 7.85. The summed E-state index contributed by atoms with van der Waals surface area (Å²) in [5.74, 6) is -0.703. The number of carbonyl (C=O) groups is 2. The van der Waals surface area contributed by atoms with Gasteiger partial charge in [0.2, 0.25) is 0 Å². The van der Waals surface area contributed by atoms with Crippen LogP contribution in [0.5, 0.6) is 0 Å². The molecule has 1 saturated carbocycles. The number of nitrogens with one attached hydrogen (secondary N) is 1. The molecular weight excluding hydrogens is 296 g/mol. The zero-order valence-electron chi connectivity index (χ0n) is 12.6. The van der Waals surface area contributed by atoms with Crippen molar-refractivity contribution in [2.24, 2.45) is 11.3 Å². The molecule has 2 aliphatic rings. The second-order valence-corrected chi connectivity index (χ2v) is 6.53. The molecule has 1 aromatic heterocycles. The minimum Gasteiger partial charge on any atom is -0.481 e. The highest BCUT2D eigenvalue weighted by Crippen LogP contribution is 2.48. The molecule has 120 valence electrons. The van der Waals surface area contributed by atoms with Gasteiger partial charge in [-0.25, -0.2) is 4.79 Å². The van der Waals surface area contributed by atoms with Gasteiger partial charge in [-0.05, 0) is 37.0 Å². The van der Waals surface area contributed by atoms with E-state index in [2.05, 4.69) is 5.32 Å². The Hall–Kier alpha value is -2.50. The van der Waals surface area contributed by atoms with Crippen LogP contribution in [0.3, 0.4) is 0 Å². The number of rotatable bonds is 2. The Bertz CT molecular complexity index is 784. The van der Waals surface area contributed by atoms with Crippen LogP contribution in [0.15, 0.2) is 34.9 Å². The number of furan rings is 1. The topological polar surface area (TPSA) is 82.8 Å². The third-order valence-electron chi connectivity index (χ3n) is 5.29. The first-order valence-electron chi connectivity index (χ1n) is 7.85. The first-order chi connectivity index (χ1) is 11.1. The molecule has 1 aromatic carbocycles. The van der Waals surface area contributed by atoms with E-state index in [0.29, 0.717) is 30.8 Å². The van der Waals surface area contributed by atoms with E-state index in [1.165, 1.54) is 0 Å². The summed E-state index contributed by atoms with van der Waals surface area (Å²) >= 11 is 0. The van der Waals surface area contributed by atoms with E-state index in [1.54, 1.807) is 17.2 Å². The van der Waals surface area contributed by atoms with Crippen molar-refractivity contribution in [3.05, 3.63) is 30.5 Å². The minimum absolute atomic E-state index is 0.0679. The normalized spacial score (nSPS) is 26.4. The molecule has 23 heavy (non-hydrogen) atoms. The molecule has 2 N–H and O–H groups in total. The predicted molar refractivity (Wildman–Crippen MR) is 84.2 cm³/mol. The van der Waals surface area contributed by atoms with Gasteiger partial charge in [0.15, 0.2) is 0 Å². The molecular formula is C17H18N2O4. The van der Waals surface area contributed by atoms with Gasteiger partial charge >= 0.3 is 12.0 Å². The number of amides is 2. The van der Waals surface area contributed by atoms with Crippen LogP contribution in [-0.4, -0.2) is 35.1 Å². The average molecular weight is 314 g/mol. The van der Waals surface area contributed by atoms with Gasteiger partial charge in [-0.3, -0.25) is 4.79 Å². The van der Waals surface area contributed by atoms with Crippen LogP contribution in [0.2, 0.25) is 0 Å². The lowest BCUT2D eigenvalue weighted by molar-refractivity contribution is -0.149. The number of nitrogens with zero attached hydrogens (tertiary/aromatic N) is 1. The molecule has 0 unspecified atom stereocenters. The summed E-state index contributed by atoms with van der Waals surface area (Å²) in [5, 5.41) is 13.4. The van der Waals surface area contributed by atoms with Gasteiger partial charge in [-0.1, -0.05) is 6.42 Å². The SMILES string of the molecule is O=C(Nc1ccc2ccoc2c1)N1C[C@@H]2CCC[C@@]2(C(=O)O)C1. The summed E-state index contributed by atoms with van der Waals surface area (Å²) in [7, 11) is 0. The summed E-state index contributed by atoms with van der Waals surface area (Å²) in [5.41, 5.74) is 0.615. The van der Waals surface area contributed by atoms with E-state index >= 15 is 0 Å². The minimum atomic E-state index is -0.771. The van der Waals surface area contributed by atoms with Gasteiger partial charge in [0.25, 0.3) is 0 Å². The summed E-state index contributed by atoms with van der Waals surface area (Å²) in [6.07, 6.45) is 4.08. The molecule has 2 amide bonds. The Morgan fingerprint density at radius 2 is 2.22 bits per heavy atom. The van der Waals surface area contributed by atoms with Gasteiger partial charge < -0.3 is 19.7 Å². The maximum absolute atomic E-state index is 12.5. The molecule has 6 nitrogen and oxygen atoms in total. The maximum Gasteiger partial charge on any atom is 0.321 e. The first kappa shape index (κ1) is 14.1. The van der Waals surface area contributed by atoms with Crippen molar-refractivity contribution in [2.75, 3.05) is 18.4 Å². The Morgan fingerprint density at radius 3 is 3.00 bits per heavy atom. The second-order valence-electron chi connectivity index (χ2n) is 6.53. The number of likely N-dealkylation sites (tertiary alicyclic amines) is 1. The lowest BCUT2D eigenvalue weighted by atomic mass is 9.81. The van der Waals surface area contributed by atoms with Gasteiger partial charge in [0, 0.05) is 30.2 Å². The van der Waals surface area contributed by atoms with E-state index < -0.39 is 11.4 Å². The van der Waals surface area contributed by atoms with Crippen LogP contribution in [0, 0.1) is 11.3 Å². The van der Waals surface area contributed by atoms with Crippen LogP contribution in [0.4, 0.5) is 10.5 Å². The van der Waals surface area contributed by atoms with Gasteiger partial charge in [0.05, 0.1) is 11.7 Å².